The number of hydrogen-bond acceptors (Lipinski definition) is 6. The lowest BCUT2D eigenvalue weighted by Gasteiger charge is -2.53. The largest absolute Gasteiger partial charge is 0.355 e. The predicted molar refractivity (Wildman–Crippen MR) is 137 cm³/mol. The van der Waals surface area contributed by atoms with Gasteiger partial charge in [-0.25, -0.2) is 9.50 Å². The van der Waals surface area contributed by atoms with Crippen molar-refractivity contribution in [2.45, 2.75) is 12.8 Å². The number of rotatable bonds is 3. The summed E-state index contributed by atoms with van der Waals surface area (Å²) in [6.45, 7) is 4.41. The highest BCUT2D eigenvalue weighted by Gasteiger charge is 2.43. The van der Waals surface area contributed by atoms with E-state index in [4.69, 9.17) is 4.98 Å². The van der Waals surface area contributed by atoms with Crippen LogP contribution in [0.2, 0.25) is 0 Å². The lowest BCUT2D eigenvalue weighted by Crippen LogP contribution is -2.60. The molecule has 2 aliphatic heterocycles. The van der Waals surface area contributed by atoms with E-state index in [-0.39, 0.29) is 24.8 Å². The number of nitriles is 1. The summed E-state index contributed by atoms with van der Waals surface area (Å²) in [4.78, 5) is 7.16. The minimum atomic E-state index is 0. The van der Waals surface area contributed by atoms with Crippen molar-refractivity contribution < 1.29 is 0 Å². The minimum Gasteiger partial charge on any atom is -0.355 e. The number of fused-ring (bicyclic) bond motifs is 1. The number of halogens is 2. The van der Waals surface area contributed by atoms with Crippen LogP contribution in [0.3, 0.4) is 0 Å². The van der Waals surface area contributed by atoms with Crippen LogP contribution in [0.25, 0.3) is 27.8 Å². The predicted octanol–water partition coefficient (Wildman–Crippen LogP) is 3.70. The maximum absolute atomic E-state index is 9.62. The lowest BCUT2D eigenvalue weighted by molar-refractivity contribution is 0.149. The van der Waals surface area contributed by atoms with Gasteiger partial charge in [-0.15, -0.1) is 24.8 Å². The molecule has 0 bridgehead atoms. The highest BCUT2D eigenvalue weighted by Crippen LogP contribution is 2.41. The molecule has 6 rings (SSSR count). The average Bonchev–Trinajstić information content (AvgIpc) is 3.43. The second kappa shape index (κ2) is 9.26. The summed E-state index contributed by atoms with van der Waals surface area (Å²) in [7, 11) is 1.90. The zero-order valence-corrected chi connectivity index (χ0v) is 20.4. The van der Waals surface area contributed by atoms with E-state index in [1.54, 1.807) is 15.4 Å². The van der Waals surface area contributed by atoms with Gasteiger partial charge in [0.25, 0.3) is 0 Å². The Morgan fingerprint density at radius 2 is 1.76 bits per heavy atom. The van der Waals surface area contributed by atoms with Crippen LogP contribution < -0.4 is 10.2 Å². The second-order valence-electron chi connectivity index (χ2n) is 9.02. The number of nitrogens with one attached hydrogen (secondary N) is 1. The summed E-state index contributed by atoms with van der Waals surface area (Å²) in [6, 6.07) is 8.57. The van der Waals surface area contributed by atoms with Crippen LogP contribution in [-0.2, 0) is 7.05 Å². The van der Waals surface area contributed by atoms with E-state index in [1.165, 1.54) is 12.8 Å². The van der Waals surface area contributed by atoms with Crippen molar-refractivity contribution in [3.8, 4) is 28.3 Å². The van der Waals surface area contributed by atoms with Gasteiger partial charge in [0.05, 0.1) is 23.5 Å². The van der Waals surface area contributed by atoms with Gasteiger partial charge in [0, 0.05) is 66.4 Å². The Balaban J connectivity index is 0.00000137. The molecule has 0 saturated carbocycles. The van der Waals surface area contributed by atoms with Crippen LogP contribution in [0.5, 0.6) is 0 Å². The molecule has 10 heteroatoms. The molecular formula is C24H26Cl2N8. The van der Waals surface area contributed by atoms with Crippen molar-refractivity contribution in [1.29, 1.82) is 5.26 Å². The van der Waals surface area contributed by atoms with Crippen molar-refractivity contribution in [3.05, 3.63) is 54.7 Å². The number of aromatic nitrogens is 5. The van der Waals surface area contributed by atoms with Gasteiger partial charge in [0.1, 0.15) is 11.9 Å². The van der Waals surface area contributed by atoms with Gasteiger partial charge >= 0.3 is 0 Å². The zero-order valence-electron chi connectivity index (χ0n) is 18.8. The fourth-order valence-corrected chi connectivity index (χ4v) is 5.08. The summed E-state index contributed by atoms with van der Waals surface area (Å²) < 4.78 is 3.56. The molecule has 0 unspecified atom stereocenters. The molecule has 8 nitrogen and oxygen atoms in total. The third-order valence-electron chi connectivity index (χ3n) is 6.87. The SMILES string of the molecule is Cl.Cl.Cn1cc(-c2cc(-c3ccc(N4CC5(CCNCC5)C4)nc3)c3c(C#N)cnn3c2)cn1. The molecular weight excluding hydrogens is 471 g/mol. The van der Waals surface area contributed by atoms with Gasteiger partial charge in [0.2, 0.25) is 0 Å². The average molecular weight is 497 g/mol. The van der Waals surface area contributed by atoms with E-state index in [2.05, 4.69) is 44.7 Å². The Morgan fingerprint density at radius 1 is 0.971 bits per heavy atom. The van der Waals surface area contributed by atoms with Crippen LogP contribution in [-0.4, -0.2) is 50.6 Å². The summed E-state index contributed by atoms with van der Waals surface area (Å²) in [5, 5.41) is 21.8. The molecule has 0 aromatic carbocycles. The Bertz CT molecular complexity index is 1340. The van der Waals surface area contributed by atoms with Gasteiger partial charge in [-0.1, -0.05) is 0 Å². The first-order valence-corrected chi connectivity index (χ1v) is 11.0. The first-order chi connectivity index (χ1) is 15.6. The van der Waals surface area contributed by atoms with E-state index in [0.29, 0.717) is 11.0 Å². The monoisotopic (exact) mass is 496 g/mol. The van der Waals surface area contributed by atoms with Crippen LogP contribution in [0, 0.1) is 16.7 Å². The van der Waals surface area contributed by atoms with Gasteiger partial charge < -0.3 is 10.2 Å². The van der Waals surface area contributed by atoms with E-state index in [1.807, 2.05) is 31.8 Å². The smallest absolute Gasteiger partial charge is 0.128 e. The molecule has 34 heavy (non-hydrogen) atoms. The number of nitrogens with zero attached hydrogens (tertiary/aromatic N) is 7. The summed E-state index contributed by atoms with van der Waals surface area (Å²) in [5.74, 6) is 1.02. The van der Waals surface area contributed by atoms with E-state index in [9.17, 15) is 5.26 Å². The third-order valence-corrected chi connectivity index (χ3v) is 6.87. The number of aryl methyl sites for hydroxylation is 1. The number of hydrogen-bond donors (Lipinski definition) is 1. The maximum atomic E-state index is 9.62. The molecule has 6 heterocycles. The summed E-state index contributed by atoms with van der Waals surface area (Å²) in [5.41, 5.74) is 5.73. The Labute approximate surface area is 210 Å². The minimum absolute atomic E-state index is 0. The highest BCUT2D eigenvalue weighted by molar-refractivity contribution is 5.87. The van der Waals surface area contributed by atoms with Crippen LogP contribution in [0.15, 0.2) is 49.2 Å². The first-order valence-electron chi connectivity index (χ1n) is 11.0. The molecule has 176 valence electrons. The number of piperidine rings is 1. The van der Waals surface area contributed by atoms with E-state index < -0.39 is 0 Å². The molecule has 2 aliphatic rings. The molecule has 2 fully saturated rings. The van der Waals surface area contributed by atoms with Crippen molar-refractivity contribution in [2.75, 3.05) is 31.1 Å². The van der Waals surface area contributed by atoms with Crippen molar-refractivity contribution >= 4 is 36.1 Å². The van der Waals surface area contributed by atoms with Crippen molar-refractivity contribution in [3.63, 3.8) is 0 Å². The third kappa shape index (κ3) is 4.00. The second-order valence-corrected chi connectivity index (χ2v) is 9.02. The molecule has 1 spiro atoms. The Hall–Kier alpha value is -3.12. The Morgan fingerprint density at radius 3 is 2.41 bits per heavy atom. The summed E-state index contributed by atoms with van der Waals surface area (Å²) >= 11 is 0. The molecule has 4 aromatic rings. The molecule has 4 aromatic heterocycles. The van der Waals surface area contributed by atoms with Gasteiger partial charge in [-0.2, -0.15) is 15.5 Å². The molecule has 0 radical (unpaired) electrons. The normalized spacial score (nSPS) is 16.4. The molecule has 0 aliphatic carbocycles. The quantitative estimate of drug-likeness (QED) is 0.465. The van der Waals surface area contributed by atoms with Crippen LogP contribution in [0.4, 0.5) is 5.82 Å². The molecule has 1 N–H and O–H groups in total. The van der Waals surface area contributed by atoms with E-state index in [0.717, 1.165) is 59.8 Å². The van der Waals surface area contributed by atoms with Crippen molar-refractivity contribution in [2.24, 2.45) is 12.5 Å². The van der Waals surface area contributed by atoms with Gasteiger partial charge in [-0.05, 0) is 44.1 Å². The van der Waals surface area contributed by atoms with E-state index >= 15 is 0 Å². The zero-order chi connectivity index (χ0) is 21.7. The topological polar surface area (TPSA) is 87.1 Å². The van der Waals surface area contributed by atoms with Crippen LogP contribution >= 0.6 is 24.8 Å². The number of pyridine rings is 2. The van der Waals surface area contributed by atoms with Crippen LogP contribution in [0.1, 0.15) is 18.4 Å². The lowest BCUT2D eigenvalue weighted by atomic mass is 9.72. The molecule has 0 atom stereocenters. The fraction of sp³-hybridized carbons (Fsp3) is 0.333. The standard InChI is InChI=1S/C24H24N8.2ClH/c1-30-13-20(12-28-30)18-8-21(23-19(9-25)11-29-32(23)14-18)17-2-3-22(27-10-17)31-15-24(16-31)4-6-26-7-5-24;;/h2-3,8,10-14,26H,4-7,15-16H2,1H3;2*1H. The fourth-order valence-electron chi connectivity index (χ4n) is 5.08. The Kier molecular flexibility index (Phi) is 6.54. The van der Waals surface area contributed by atoms with Gasteiger partial charge in [0.15, 0.2) is 0 Å². The number of anilines is 1. The maximum Gasteiger partial charge on any atom is 0.128 e. The van der Waals surface area contributed by atoms with Gasteiger partial charge in [-0.3, -0.25) is 4.68 Å². The summed E-state index contributed by atoms with van der Waals surface area (Å²) in [6.07, 6.45) is 11.8. The highest BCUT2D eigenvalue weighted by atomic mass is 35.5. The first kappa shape index (κ1) is 24.0. The van der Waals surface area contributed by atoms with Crippen molar-refractivity contribution in [1.82, 2.24) is 29.7 Å². The molecule has 0 amide bonds. The molecule has 2 saturated heterocycles.